The van der Waals surface area contributed by atoms with Crippen LogP contribution in [0.4, 0.5) is 0 Å². The maximum Gasteiger partial charge on any atom is 0.226 e. The summed E-state index contributed by atoms with van der Waals surface area (Å²) in [6.45, 7) is 3.74. The molecule has 1 N–H and O–H groups in total. The molecule has 2 fully saturated rings. The summed E-state index contributed by atoms with van der Waals surface area (Å²) < 4.78 is 5.44. The molecule has 0 saturated carbocycles. The molecule has 2 aliphatic rings. The van der Waals surface area contributed by atoms with Gasteiger partial charge in [-0.1, -0.05) is 6.07 Å². The van der Waals surface area contributed by atoms with Crippen molar-refractivity contribution < 1.29 is 14.3 Å². The molecule has 0 aliphatic carbocycles. The van der Waals surface area contributed by atoms with Crippen LogP contribution in [0.25, 0.3) is 0 Å². The van der Waals surface area contributed by atoms with Gasteiger partial charge in [-0.2, -0.15) is 0 Å². The van der Waals surface area contributed by atoms with E-state index in [9.17, 15) is 9.90 Å². The second-order valence-electron chi connectivity index (χ2n) is 7.75. The summed E-state index contributed by atoms with van der Waals surface area (Å²) >= 11 is 0. The van der Waals surface area contributed by atoms with Crippen molar-refractivity contribution in [3.63, 3.8) is 0 Å². The Morgan fingerprint density at radius 1 is 1.26 bits per heavy atom. The second kappa shape index (κ2) is 7.82. The molecule has 27 heavy (non-hydrogen) atoms. The zero-order valence-corrected chi connectivity index (χ0v) is 15.6. The number of carbonyl (C=O) groups is 1. The summed E-state index contributed by atoms with van der Waals surface area (Å²) in [7, 11) is 0. The molecular weight excluding hydrogens is 342 g/mol. The maximum absolute atomic E-state index is 13.0. The fraction of sp³-hybridized carbons (Fsp3) is 0.524. The van der Waals surface area contributed by atoms with Gasteiger partial charge in [0.1, 0.15) is 5.76 Å². The smallest absolute Gasteiger partial charge is 0.226 e. The summed E-state index contributed by atoms with van der Waals surface area (Å²) in [5.41, 5.74) is -0.0254. The highest BCUT2D eigenvalue weighted by atomic mass is 16.3. The number of furan rings is 1. The van der Waals surface area contributed by atoms with E-state index >= 15 is 0 Å². The lowest BCUT2D eigenvalue weighted by Gasteiger charge is -2.41. The largest absolute Gasteiger partial charge is 0.468 e. The van der Waals surface area contributed by atoms with E-state index in [-0.39, 0.29) is 11.8 Å². The van der Waals surface area contributed by atoms with Crippen LogP contribution in [-0.2, 0) is 16.9 Å². The van der Waals surface area contributed by atoms with Crippen LogP contribution in [0.1, 0.15) is 37.0 Å². The molecular formula is C21H27N3O3. The van der Waals surface area contributed by atoms with Crippen LogP contribution in [-0.4, -0.2) is 52.0 Å². The Morgan fingerprint density at radius 2 is 2.11 bits per heavy atom. The molecule has 0 bridgehead atoms. The number of amides is 1. The van der Waals surface area contributed by atoms with Crippen molar-refractivity contribution in [2.24, 2.45) is 5.92 Å². The summed E-state index contributed by atoms with van der Waals surface area (Å²) in [5.74, 6) is 1.22. The molecule has 0 radical (unpaired) electrons. The van der Waals surface area contributed by atoms with Crippen LogP contribution in [0.3, 0.4) is 0 Å². The Kier molecular flexibility index (Phi) is 5.27. The van der Waals surface area contributed by atoms with E-state index in [1.54, 1.807) is 18.7 Å². The van der Waals surface area contributed by atoms with Gasteiger partial charge < -0.3 is 14.4 Å². The number of likely N-dealkylation sites (tertiary alicyclic amines) is 2. The summed E-state index contributed by atoms with van der Waals surface area (Å²) in [6.07, 6.45) is 8.23. The lowest BCUT2D eigenvalue weighted by molar-refractivity contribution is -0.142. The second-order valence-corrected chi connectivity index (χ2v) is 7.75. The summed E-state index contributed by atoms with van der Waals surface area (Å²) in [4.78, 5) is 21.4. The fourth-order valence-electron chi connectivity index (χ4n) is 4.31. The van der Waals surface area contributed by atoms with Gasteiger partial charge in [-0.05, 0) is 50.4 Å². The average molecular weight is 369 g/mol. The normalized spacial score (nSPS) is 23.3. The molecule has 2 aliphatic heterocycles. The molecule has 1 atom stereocenters. The summed E-state index contributed by atoms with van der Waals surface area (Å²) in [6, 6.07) is 7.65. The highest BCUT2D eigenvalue weighted by Crippen LogP contribution is 2.33. The third-order valence-electron chi connectivity index (χ3n) is 5.92. The zero-order chi connectivity index (χ0) is 18.7. The first kappa shape index (κ1) is 18.2. The van der Waals surface area contributed by atoms with E-state index in [0.29, 0.717) is 25.9 Å². The third kappa shape index (κ3) is 4.06. The maximum atomic E-state index is 13.0. The summed E-state index contributed by atoms with van der Waals surface area (Å²) in [5, 5.41) is 10.9. The van der Waals surface area contributed by atoms with E-state index in [2.05, 4.69) is 9.88 Å². The van der Waals surface area contributed by atoms with Gasteiger partial charge in [0.15, 0.2) is 0 Å². The Hall–Kier alpha value is -2.18. The van der Waals surface area contributed by atoms with E-state index in [1.807, 2.05) is 29.2 Å². The number of aliphatic hydroxyl groups is 1. The van der Waals surface area contributed by atoms with Gasteiger partial charge in [-0.15, -0.1) is 0 Å². The number of hydrogen-bond acceptors (Lipinski definition) is 5. The Bertz CT molecular complexity index is 739. The van der Waals surface area contributed by atoms with Crippen molar-refractivity contribution in [1.82, 2.24) is 14.8 Å². The highest BCUT2D eigenvalue weighted by molar-refractivity contribution is 5.79. The van der Waals surface area contributed by atoms with Crippen LogP contribution in [0, 0.1) is 5.92 Å². The van der Waals surface area contributed by atoms with E-state index in [1.165, 1.54) is 0 Å². The molecule has 0 spiro atoms. The number of aromatic nitrogens is 1. The van der Waals surface area contributed by atoms with Crippen molar-refractivity contribution in [2.75, 3.05) is 26.2 Å². The van der Waals surface area contributed by atoms with Gasteiger partial charge in [-0.3, -0.25) is 14.7 Å². The molecule has 2 aromatic heterocycles. The first-order valence-corrected chi connectivity index (χ1v) is 9.80. The van der Waals surface area contributed by atoms with Crippen LogP contribution < -0.4 is 0 Å². The van der Waals surface area contributed by atoms with Crippen LogP contribution in [0.15, 0.2) is 47.3 Å². The number of piperidine rings is 2. The molecule has 6 nitrogen and oxygen atoms in total. The SMILES string of the molecule is O=C([C@@H]1CCCN(Cc2ccco2)C1)N1CCC(O)(c2cccnc2)CC1. The molecule has 6 heteroatoms. The van der Waals surface area contributed by atoms with Crippen molar-refractivity contribution in [3.8, 4) is 0 Å². The first-order valence-electron chi connectivity index (χ1n) is 9.80. The minimum Gasteiger partial charge on any atom is -0.468 e. The van der Waals surface area contributed by atoms with Crippen LogP contribution in [0.2, 0.25) is 0 Å². The Labute approximate surface area is 159 Å². The van der Waals surface area contributed by atoms with E-state index < -0.39 is 5.60 Å². The van der Waals surface area contributed by atoms with Gasteiger partial charge in [0.2, 0.25) is 5.91 Å². The molecule has 1 amide bonds. The van der Waals surface area contributed by atoms with Crippen molar-refractivity contribution in [3.05, 3.63) is 54.2 Å². The average Bonchev–Trinajstić information content (AvgIpc) is 3.22. The number of carbonyl (C=O) groups excluding carboxylic acids is 1. The first-order chi connectivity index (χ1) is 13.1. The van der Waals surface area contributed by atoms with Gasteiger partial charge in [0, 0.05) is 37.6 Å². The molecule has 144 valence electrons. The number of hydrogen-bond donors (Lipinski definition) is 1. The molecule has 0 unspecified atom stereocenters. The topological polar surface area (TPSA) is 69.8 Å². The van der Waals surface area contributed by atoms with Gasteiger partial charge in [-0.25, -0.2) is 0 Å². The van der Waals surface area contributed by atoms with Crippen molar-refractivity contribution in [1.29, 1.82) is 0 Å². The molecule has 4 rings (SSSR count). The third-order valence-corrected chi connectivity index (χ3v) is 5.92. The number of rotatable bonds is 4. The Morgan fingerprint density at radius 3 is 2.81 bits per heavy atom. The predicted molar refractivity (Wildman–Crippen MR) is 101 cm³/mol. The minimum atomic E-state index is -0.872. The van der Waals surface area contributed by atoms with Crippen LogP contribution in [0.5, 0.6) is 0 Å². The number of nitrogens with zero attached hydrogens (tertiary/aromatic N) is 3. The lowest BCUT2D eigenvalue weighted by Crippen LogP contribution is -2.50. The quantitative estimate of drug-likeness (QED) is 0.896. The van der Waals surface area contributed by atoms with Crippen LogP contribution >= 0.6 is 0 Å². The number of pyridine rings is 1. The van der Waals surface area contributed by atoms with E-state index in [0.717, 1.165) is 43.8 Å². The fourth-order valence-corrected chi connectivity index (χ4v) is 4.31. The lowest BCUT2D eigenvalue weighted by atomic mass is 9.84. The standard InChI is InChI=1S/C21H27N3O3/c25-20(17-4-2-10-23(15-17)16-19-6-3-13-27-19)24-11-7-21(26,8-12-24)18-5-1-9-22-14-18/h1,3,5-6,9,13-14,17,26H,2,4,7-8,10-12,15-16H2/t17-/m1/s1. The Balaban J connectivity index is 1.33. The molecule has 0 aromatic carbocycles. The molecule has 2 aromatic rings. The zero-order valence-electron chi connectivity index (χ0n) is 15.6. The minimum absolute atomic E-state index is 0.0401. The van der Waals surface area contributed by atoms with Gasteiger partial charge in [0.05, 0.1) is 24.3 Å². The van der Waals surface area contributed by atoms with E-state index in [4.69, 9.17) is 4.42 Å². The molecule has 4 heterocycles. The highest BCUT2D eigenvalue weighted by Gasteiger charge is 2.38. The van der Waals surface area contributed by atoms with Crippen molar-refractivity contribution >= 4 is 5.91 Å². The molecule has 2 saturated heterocycles. The van der Waals surface area contributed by atoms with Crippen molar-refractivity contribution in [2.45, 2.75) is 37.8 Å². The van der Waals surface area contributed by atoms with Gasteiger partial charge >= 0.3 is 0 Å². The predicted octanol–water partition coefficient (Wildman–Crippen LogP) is 2.40. The van der Waals surface area contributed by atoms with Gasteiger partial charge in [0.25, 0.3) is 0 Å². The monoisotopic (exact) mass is 369 g/mol.